The summed E-state index contributed by atoms with van der Waals surface area (Å²) >= 11 is 11.6. The van der Waals surface area contributed by atoms with E-state index in [1.54, 1.807) is 19.1 Å². The van der Waals surface area contributed by atoms with Crippen molar-refractivity contribution < 1.29 is 14.3 Å². The lowest BCUT2D eigenvalue weighted by Crippen LogP contribution is -2.19. The van der Waals surface area contributed by atoms with Crippen LogP contribution in [0.2, 0.25) is 10.0 Å². The molecule has 0 unspecified atom stereocenters. The van der Waals surface area contributed by atoms with Gasteiger partial charge in [-0.25, -0.2) is 9.82 Å². The fraction of sp³-hybridized carbons (Fsp3) is 0.0667. The second-order valence-electron chi connectivity index (χ2n) is 4.40. The van der Waals surface area contributed by atoms with Gasteiger partial charge in [0.05, 0.1) is 21.3 Å². The van der Waals surface area contributed by atoms with Crippen molar-refractivity contribution >= 4 is 34.8 Å². The van der Waals surface area contributed by atoms with E-state index < -0.39 is 11.7 Å². The molecule has 22 heavy (non-hydrogen) atoms. The van der Waals surface area contributed by atoms with Gasteiger partial charge in [-0.2, -0.15) is 5.10 Å². The van der Waals surface area contributed by atoms with Crippen molar-refractivity contribution in [1.82, 2.24) is 5.43 Å². The fourth-order valence-corrected chi connectivity index (χ4v) is 2.24. The van der Waals surface area contributed by atoms with Crippen molar-refractivity contribution in [3.05, 3.63) is 63.4 Å². The first-order valence-corrected chi connectivity index (χ1v) is 6.93. The van der Waals surface area contributed by atoms with Crippen molar-refractivity contribution in [1.29, 1.82) is 0 Å². The summed E-state index contributed by atoms with van der Waals surface area (Å²) in [6.45, 7) is 1.56. The number of nitrogens with zero attached hydrogens (tertiary/aromatic N) is 1. The smallest absolute Gasteiger partial charge is 0.275 e. The molecule has 0 heterocycles. The number of nitrogens with one attached hydrogen (secondary N) is 1. The molecule has 1 amide bonds. The molecule has 0 aliphatic carbocycles. The standard InChI is InChI=1S/C15H11Cl2FN2O2/c1-8(10-6-13(18)12(17)7-11(10)16)19-20-15(22)9-4-2-3-5-14(9)21/h2-7,21H,1H3,(H,20,22)/b19-8-. The quantitative estimate of drug-likeness (QED) is 0.504. The topological polar surface area (TPSA) is 61.7 Å². The predicted molar refractivity (Wildman–Crippen MR) is 84.2 cm³/mol. The van der Waals surface area contributed by atoms with Gasteiger partial charge in [-0.1, -0.05) is 35.3 Å². The third-order valence-corrected chi connectivity index (χ3v) is 3.48. The highest BCUT2D eigenvalue weighted by Crippen LogP contribution is 2.24. The number of benzene rings is 2. The summed E-state index contributed by atoms with van der Waals surface area (Å²) in [7, 11) is 0. The Labute approximate surface area is 136 Å². The highest BCUT2D eigenvalue weighted by molar-refractivity contribution is 6.37. The van der Waals surface area contributed by atoms with Crippen molar-refractivity contribution in [2.45, 2.75) is 6.92 Å². The molecule has 0 atom stereocenters. The Hall–Kier alpha value is -2.11. The van der Waals surface area contributed by atoms with Crippen LogP contribution in [0.4, 0.5) is 4.39 Å². The Morgan fingerprint density at radius 3 is 2.55 bits per heavy atom. The van der Waals surface area contributed by atoms with E-state index >= 15 is 0 Å². The number of aromatic hydroxyl groups is 1. The van der Waals surface area contributed by atoms with Crippen LogP contribution in [-0.2, 0) is 0 Å². The van der Waals surface area contributed by atoms with E-state index in [4.69, 9.17) is 23.2 Å². The van der Waals surface area contributed by atoms with Crippen molar-refractivity contribution in [3.63, 3.8) is 0 Å². The maximum atomic E-state index is 13.5. The average Bonchev–Trinajstić information content (AvgIpc) is 2.48. The minimum atomic E-state index is -0.636. The van der Waals surface area contributed by atoms with Crippen LogP contribution in [0.3, 0.4) is 0 Å². The zero-order valence-corrected chi connectivity index (χ0v) is 12.9. The lowest BCUT2D eigenvalue weighted by atomic mass is 10.1. The number of amides is 1. The van der Waals surface area contributed by atoms with Crippen LogP contribution in [0, 0.1) is 5.82 Å². The number of carbonyl (C=O) groups is 1. The third kappa shape index (κ3) is 3.55. The molecule has 0 spiro atoms. The zero-order valence-electron chi connectivity index (χ0n) is 11.4. The molecule has 0 aliphatic rings. The predicted octanol–water partition coefficient (Wildman–Crippen LogP) is 3.99. The molecule has 0 radical (unpaired) electrons. The van der Waals surface area contributed by atoms with Crippen LogP contribution in [0.15, 0.2) is 41.5 Å². The molecular formula is C15H11Cl2FN2O2. The molecule has 0 saturated carbocycles. The number of phenolic OH excluding ortho intramolecular Hbond substituents is 1. The summed E-state index contributed by atoms with van der Waals surface area (Å²) < 4.78 is 13.5. The number of hydrogen-bond donors (Lipinski definition) is 2. The summed E-state index contributed by atoms with van der Waals surface area (Å²) in [5.74, 6) is -1.39. The Balaban J connectivity index is 2.22. The van der Waals surface area contributed by atoms with Gasteiger partial charge in [0.1, 0.15) is 11.6 Å². The van der Waals surface area contributed by atoms with E-state index in [9.17, 15) is 14.3 Å². The number of hydrazone groups is 1. The maximum Gasteiger partial charge on any atom is 0.275 e. The molecule has 0 aromatic heterocycles. The van der Waals surface area contributed by atoms with Gasteiger partial charge in [0.2, 0.25) is 0 Å². The van der Waals surface area contributed by atoms with Crippen molar-refractivity contribution in [2.24, 2.45) is 5.10 Å². The number of phenols is 1. The van der Waals surface area contributed by atoms with Crippen molar-refractivity contribution in [2.75, 3.05) is 0 Å². The number of hydrogen-bond acceptors (Lipinski definition) is 3. The van der Waals surface area contributed by atoms with Crippen LogP contribution >= 0.6 is 23.2 Å². The number of halogens is 3. The summed E-state index contributed by atoms with van der Waals surface area (Å²) in [6, 6.07) is 8.43. The lowest BCUT2D eigenvalue weighted by molar-refractivity contribution is 0.0952. The monoisotopic (exact) mass is 340 g/mol. The first kappa shape index (κ1) is 16.3. The van der Waals surface area contributed by atoms with Gasteiger partial charge in [0.15, 0.2) is 0 Å². The van der Waals surface area contributed by atoms with Gasteiger partial charge in [-0.05, 0) is 31.2 Å². The van der Waals surface area contributed by atoms with Crippen molar-refractivity contribution in [3.8, 4) is 5.75 Å². The Morgan fingerprint density at radius 1 is 1.18 bits per heavy atom. The van der Waals surface area contributed by atoms with Crippen LogP contribution in [-0.4, -0.2) is 16.7 Å². The van der Waals surface area contributed by atoms with Crippen LogP contribution < -0.4 is 5.43 Å². The third-order valence-electron chi connectivity index (χ3n) is 2.87. The summed E-state index contributed by atoms with van der Waals surface area (Å²) in [6.07, 6.45) is 0. The van der Waals surface area contributed by atoms with Crippen LogP contribution in [0.25, 0.3) is 0 Å². The highest BCUT2D eigenvalue weighted by atomic mass is 35.5. The molecule has 2 aromatic carbocycles. The van der Waals surface area contributed by atoms with Gasteiger partial charge in [0.25, 0.3) is 5.91 Å². The maximum absolute atomic E-state index is 13.5. The Kier molecular flexibility index (Phi) is 5.00. The number of rotatable bonds is 3. The first-order valence-electron chi connectivity index (χ1n) is 6.17. The van der Waals surface area contributed by atoms with E-state index in [2.05, 4.69) is 10.5 Å². The second kappa shape index (κ2) is 6.77. The average molecular weight is 341 g/mol. The number of para-hydroxylation sites is 1. The molecule has 7 heteroatoms. The molecule has 0 saturated heterocycles. The normalized spacial score (nSPS) is 11.4. The minimum absolute atomic E-state index is 0.0763. The van der Waals surface area contributed by atoms with Crippen LogP contribution in [0.5, 0.6) is 5.75 Å². The molecule has 4 nitrogen and oxygen atoms in total. The molecule has 2 rings (SSSR count). The van der Waals surface area contributed by atoms with E-state index in [0.717, 1.165) is 6.07 Å². The molecule has 0 bridgehead atoms. The Bertz CT molecular complexity index is 763. The van der Waals surface area contributed by atoms with E-state index in [1.165, 1.54) is 18.2 Å². The molecule has 114 valence electrons. The van der Waals surface area contributed by atoms with Crippen LogP contribution in [0.1, 0.15) is 22.8 Å². The summed E-state index contributed by atoms with van der Waals surface area (Å²) in [5, 5.41) is 13.5. The van der Waals surface area contributed by atoms with E-state index in [1.807, 2.05) is 0 Å². The zero-order chi connectivity index (χ0) is 16.3. The van der Waals surface area contributed by atoms with E-state index in [0.29, 0.717) is 11.3 Å². The van der Waals surface area contributed by atoms with Gasteiger partial charge >= 0.3 is 0 Å². The van der Waals surface area contributed by atoms with Gasteiger partial charge < -0.3 is 5.11 Å². The SMILES string of the molecule is C/C(=N/NC(=O)c1ccccc1O)c1cc(F)c(Cl)cc1Cl. The number of carbonyl (C=O) groups excluding carboxylic acids is 1. The van der Waals surface area contributed by atoms with E-state index in [-0.39, 0.29) is 21.4 Å². The molecular weight excluding hydrogens is 330 g/mol. The largest absolute Gasteiger partial charge is 0.507 e. The first-order chi connectivity index (χ1) is 10.4. The lowest BCUT2D eigenvalue weighted by Gasteiger charge is -2.07. The van der Waals surface area contributed by atoms with Gasteiger partial charge in [0, 0.05) is 5.56 Å². The molecule has 2 aromatic rings. The fourth-order valence-electron chi connectivity index (χ4n) is 1.72. The second-order valence-corrected chi connectivity index (χ2v) is 5.22. The molecule has 0 aliphatic heterocycles. The summed E-state index contributed by atoms with van der Waals surface area (Å²) in [5.41, 5.74) is 2.95. The summed E-state index contributed by atoms with van der Waals surface area (Å²) in [4.78, 5) is 11.9. The van der Waals surface area contributed by atoms with Gasteiger partial charge in [-0.3, -0.25) is 4.79 Å². The molecule has 0 fully saturated rings. The Morgan fingerprint density at radius 2 is 1.86 bits per heavy atom. The molecule has 2 N–H and O–H groups in total. The van der Waals surface area contributed by atoms with Gasteiger partial charge in [-0.15, -0.1) is 0 Å². The minimum Gasteiger partial charge on any atom is -0.507 e. The highest BCUT2D eigenvalue weighted by Gasteiger charge is 2.12.